The summed E-state index contributed by atoms with van der Waals surface area (Å²) in [7, 11) is 4.03. The van der Waals surface area contributed by atoms with Gasteiger partial charge < -0.3 is 4.90 Å². The maximum atomic E-state index is 9.44. The van der Waals surface area contributed by atoms with Crippen molar-refractivity contribution in [2.24, 2.45) is 0 Å². The van der Waals surface area contributed by atoms with Gasteiger partial charge in [0.05, 0.1) is 11.6 Å². The smallest absolute Gasteiger partial charge is 0.0998 e. The van der Waals surface area contributed by atoms with E-state index >= 15 is 0 Å². The SMILES string of the molecule is CC(C)c1ccc(/C(C#N)=C/c2ccc(N(C)C)cc2)cc1. The van der Waals surface area contributed by atoms with Crippen LogP contribution in [0.1, 0.15) is 36.5 Å². The van der Waals surface area contributed by atoms with Crippen LogP contribution in [0.25, 0.3) is 11.6 Å². The van der Waals surface area contributed by atoms with E-state index in [2.05, 4.69) is 49.1 Å². The largest absolute Gasteiger partial charge is 0.378 e. The van der Waals surface area contributed by atoms with Crippen LogP contribution < -0.4 is 4.90 Å². The van der Waals surface area contributed by atoms with Crippen LogP contribution in [0, 0.1) is 11.3 Å². The van der Waals surface area contributed by atoms with Crippen LogP contribution in [-0.4, -0.2) is 14.1 Å². The Kier molecular flexibility index (Phi) is 5.01. The van der Waals surface area contributed by atoms with E-state index in [0.717, 1.165) is 16.8 Å². The van der Waals surface area contributed by atoms with E-state index in [1.54, 1.807) is 0 Å². The van der Waals surface area contributed by atoms with Crippen molar-refractivity contribution >= 4 is 17.3 Å². The lowest BCUT2D eigenvalue weighted by molar-refractivity contribution is 0.866. The molecule has 2 heteroatoms. The highest BCUT2D eigenvalue weighted by Gasteiger charge is 2.04. The Bertz CT molecular complexity index is 684. The highest BCUT2D eigenvalue weighted by Crippen LogP contribution is 2.22. The van der Waals surface area contributed by atoms with Crippen LogP contribution in [0.5, 0.6) is 0 Å². The van der Waals surface area contributed by atoms with Crippen LogP contribution in [0.15, 0.2) is 48.5 Å². The van der Waals surface area contributed by atoms with Gasteiger partial charge in [0, 0.05) is 19.8 Å². The number of hydrogen-bond donors (Lipinski definition) is 0. The third-order valence-electron chi connectivity index (χ3n) is 3.73. The van der Waals surface area contributed by atoms with Crippen molar-refractivity contribution in [3.63, 3.8) is 0 Å². The molecule has 112 valence electrons. The third-order valence-corrected chi connectivity index (χ3v) is 3.73. The Balaban J connectivity index is 2.29. The molecule has 22 heavy (non-hydrogen) atoms. The summed E-state index contributed by atoms with van der Waals surface area (Å²) in [5.41, 5.74) is 5.12. The van der Waals surface area contributed by atoms with Crippen LogP contribution in [0.4, 0.5) is 5.69 Å². The van der Waals surface area contributed by atoms with E-state index in [4.69, 9.17) is 0 Å². The van der Waals surface area contributed by atoms with Gasteiger partial charge in [-0.25, -0.2) is 0 Å². The van der Waals surface area contributed by atoms with Crippen molar-refractivity contribution in [2.45, 2.75) is 19.8 Å². The molecule has 0 spiro atoms. The molecule has 0 saturated carbocycles. The van der Waals surface area contributed by atoms with E-state index in [-0.39, 0.29) is 0 Å². The van der Waals surface area contributed by atoms with Gasteiger partial charge in [0.15, 0.2) is 0 Å². The Morgan fingerprint density at radius 3 is 2.05 bits per heavy atom. The molecular weight excluding hydrogens is 268 g/mol. The predicted molar refractivity (Wildman–Crippen MR) is 94.8 cm³/mol. The van der Waals surface area contributed by atoms with Crippen molar-refractivity contribution in [1.82, 2.24) is 0 Å². The molecule has 2 nitrogen and oxygen atoms in total. The lowest BCUT2D eigenvalue weighted by Gasteiger charge is -2.12. The van der Waals surface area contributed by atoms with Gasteiger partial charge >= 0.3 is 0 Å². The molecular formula is C20H22N2. The molecule has 2 aromatic carbocycles. The molecule has 0 N–H and O–H groups in total. The summed E-state index contributed by atoms with van der Waals surface area (Å²) < 4.78 is 0. The van der Waals surface area contributed by atoms with E-state index < -0.39 is 0 Å². The molecule has 0 aliphatic carbocycles. The Hall–Kier alpha value is -2.53. The van der Waals surface area contributed by atoms with Gasteiger partial charge in [0.25, 0.3) is 0 Å². The zero-order chi connectivity index (χ0) is 16.1. The van der Waals surface area contributed by atoms with Gasteiger partial charge in [0.2, 0.25) is 0 Å². The summed E-state index contributed by atoms with van der Waals surface area (Å²) in [4.78, 5) is 2.06. The van der Waals surface area contributed by atoms with Crippen LogP contribution >= 0.6 is 0 Å². The maximum Gasteiger partial charge on any atom is 0.0998 e. The number of rotatable bonds is 4. The van der Waals surface area contributed by atoms with Gasteiger partial charge in [-0.05, 0) is 40.8 Å². The quantitative estimate of drug-likeness (QED) is 0.589. The third kappa shape index (κ3) is 3.77. The molecule has 0 aromatic heterocycles. The molecule has 0 atom stereocenters. The zero-order valence-electron chi connectivity index (χ0n) is 13.7. The number of benzene rings is 2. The molecule has 0 aliphatic rings. The Morgan fingerprint density at radius 1 is 1.00 bits per heavy atom. The summed E-state index contributed by atoms with van der Waals surface area (Å²) in [6.45, 7) is 4.34. The lowest BCUT2D eigenvalue weighted by atomic mass is 9.98. The van der Waals surface area contributed by atoms with E-state index in [1.165, 1.54) is 5.56 Å². The van der Waals surface area contributed by atoms with Gasteiger partial charge in [0.1, 0.15) is 0 Å². The van der Waals surface area contributed by atoms with Crippen molar-refractivity contribution in [3.8, 4) is 6.07 Å². The average Bonchev–Trinajstić information content (AvgIpc) is 2.53. The highest BCUT2D eigenvalue weighted by atomic mass is 15.1. The predicted octanol–water partition coefficient (Wildman–Crippen LogP) is 4.94. The molecule has 0 aliphatic heterocycles. The van der Waals surface area contributed by atoms with Gasteiger partial charge in [-0.2, -0.15) is 5.26 Å². The highest BCUT2D eigenvalue weighted by molar-refractivity contribution is 5.89. The normalized spacial score (nSPS) is 11.4. The van der Waals surface area contributed by atoms with Gasteiger partial charge in [-0.1, -0.05) is 50.2 Å². The summed E-state index contributed by atoms with van der Waals surface area (Å²) >= 11 is 0. The van der Waals surface area contributed by atoms with Crippen molar-refractivity contribution < 1.29 is 0 Å². The summed E-state index contributed by atoms with van der Waals surface area (Å²) in [6.07, 6.45) is 1.93. The van der Waals surface area contributed by atoms with Gasteiger partial charge in [-0.3, -0.25) is 0 Å². The number of allylic oxidation sites excluding steroid dienone is 1. The first-order chi connectivity index (χ1) is 10.5. The minimum atomic E-state index is 0.502. The molecule has 0 radical (unpaired) electrons. The minimum Gasteiger partial charge on any atom is -0.378 e. The van der Waals surface area contributed by atoms with Crippen LogP contribution in [0.3, 0.4) is 0 Å². The summed E-state index contributed by atoms with van der Waals surface area (Å²) in [6, 6.07) is 18.7. The van der Waals surface area contributed by atoms with E-state index in [1.807, 2.05) is 44.4 Å². The zero-order valence-corrected chi connectivity index (χ0v) is 13.7. The summed E-state index contributed by atoms with van der Waals surface area (Å²) in [5.74, 6) is 0.502. The van der Waals surface area contributed by atoms with Crippen LogP contribution in [-0.2, 0) is 0 Å². The van der Waals surface area contributed by atoms with Crippen molar-refractivity contribution in [2.75, 3.05) is 19.0 Å². The second-order valence-electron chi connectivity index (χ2n) is 5.93. The molecule has 0 heterocycles. The van der Waals surface area contributed by atoms with Crippen molar-refractivity contribution in [3.05, 3.63) is 65.2 Å². The molecule has 2 rings (SSSR count). The van der Waals surface area contributed by atoms with Gasteiger partial charge in [-0.15, -0.1) is 0 Å². The fourth-order valence-electron chi connectivity index (χ4n) is 2.26. The fraction of sp³-hybridized carbons (Fsp3) is 0.250. The Labute approximate surface area is 133 Å². The van der Waals surface area contributed by atoms with Crippen LogP contribution in [0.2, 0.25) is 0 Å². The molecule has 2 aromatic rings. The fourth-order valence-corrected chi connectivity index (χ4v) is 2.26. The minimum absolute atomic E-state index is 0.502. The Morgan fingerprint density at radius 2 is 1.59 bits per heavy atom. The first-order valence-corrected chi connectivity index (χ1v) is 7.51. The molecule has 0 amide bonds. The molecule has 0 fully saturated rings. The average molecular weight is 290 g/mol. The maximum absolute atomic E-state index is 9.44. The second-order valence-corrected chi connectivity index (χ2v) is 5.93. The topological polar surface area (TPSA) is 27.0 Å². The lowest BCUT2D eigenvalue weighted by Crippen LogP contribution is -2.07. The van der Waals surface area contributed by atoms with Crippen molar-refractivity contribution in [1.29, 1.82) is 5.26 Å². The standard InChI is InChI=1S/C20H22N2/c1-15(2)17-7-9-18(10-8-17)19(14-21)13-16-5-11-20(12-6-16)22(3)4/h5-13,15H,1-4H3/b19-13+. The number of anilines is 1. The summed E-state index contributed by atoms with van der Waals surface area (Å²) in [5, 5.41) is 9.44. The second kappa shape index (κ2) is 6.95. The molecule has 0 bridgehead atoms. The number of nitriles is 1. The molecule has 0 unspecified atom stereocenters. The first kappa shape index (κ1) is 15.9. The monoisotopic (exact) mass is 290 g/mol. The number of nitrogens with zero attached hydrogens (tertiary/aromatic N) is 2. The number of hydrogen-bond acceptors (Lipinski definition) is 2. The van der Waals surface area contributed by atoms with E-state index in [0.29, 0.717) is 11.5 Å². The molecule has 0 saturated heterocycles. The first-order valence-electron chi connectivity index (χ1n) is 7.51. The van der Waals surface area contributed by atoms with E-state index in [9.17, 15) is 5.26 Å².